The zero-order chi connectivity index (χ0) is 23.2. The maximum absolute atomic E-state index is 12.6. The number of ether oxygens (including phenoxy) is 3. The molecule has 2 amide bonds. The van der Waals surface area contributed by atoms with Crippen LogP contribution in [-0.2, 0) is 4.79 Å². The zero-order valence-electron chi connectivity index (χ0n) is 18.0. The van der Waals surface area contributed by atoms with E-state index in [-0.39, 0.29) is 18.4 Å². The fourth-order valence-electron chi connectivity index (χ4n) is 3.00. The van der Waals surface area contributed by atoms with E-state index >= 15 is 0 Å². The van der Waals surface area contributed by atoms with Crippen molar-refractivity contribution < 1.29 is 23.8 Å². The minimum atomic E-state index is -0.308. The first-order valence-electron chi connectivity index (χ1n) is 9.97. The van der Waals surface area contributed by atoms with Crippen LogP contribution >= 0.6 is 11.3 Å². The third kappa shape index (κ3) is 5.58. The van der Waals surface area contributed by atoms with Gasteiger partial charge in [0.2, 0.25) is 0 Å². The number of hydrogen-bond acceptors (Lipinski definition) is 7. The smallest absolute Gasteiger partial charge is 0.262 e. The van der Waals surface area contributed by atoms with E-state index in [1.165, 1.54) is 11.3 Å². The van der Waals surface area contributed by atoms with Gasteiger partial charge in [-0.1, -0.05) is 17.4 Å². The van der Waals surface area contributed by atoms with Gasteiger partial charge in [0.05, 0.1) is 24.4 Å². The van der Waals surface area contributed by atoms with E-state index in [0.717, 1.165) is 16.0 Å². The van der Waals surface area contributed by atoms with Gasteiger partial charge in [0, 0.05) is 17.3 Å². The molecule has 0 saturated carbocycles. The Hall–Kier alpha value is -4.11. The van der Waals surface area contributed by atoms with Crippen molar-refractivity contribution in [2.45, 2.75) is 0 Å². The normalized spacial score (nSPS) is 10.5. The highest BCUT2D eigenvalue weighted by molar-refractivity contribution is 7.22. The highest BCUT2D eigenvalue weighted by Crippen LogP contribution is 2.29. The fourth-order valence-corrected chi connectivity index (χ4v) is 3.89. The Morgan fingerprint density at radius 2 is 1.61 bits per heavy atom. The summed E-state index contributed by atoms with van der Waals surface area (Å²) in [7, 11) is 3.16. The van der Waals surface area contributed by atoms with Crippen molar-refractivity contribution in [1.29, 1.82) is 0 Å². The van der Waals surface area contributed by atoms with E-state index in [1.807, 2.05) is 18.2 Å². The van der Waals surface area contributed by atoms with E-state index in [2.05, 4.69) is 15.6 Å². The lowest BCUT2D eigenvalue weighted by atomic mass is 10.2. The number of carbonyl (C=O) groups is 2. The number of fused-ring (bicyclic) bond motifs is 1. The van der Waals surface area contributed by atoms with E-state index in [0.29, 0.717) is 27.9 Å². The predicted molar refractivity (Wildman–Crippen MR) is 128 cm³/mol. The third-order valence-electron chi connectivity index (χ3n) is 4.66. The van der Waals surface area contributed by atoms with E-state index < -0.39 is 0 Å². The zero-order valence-corrected chi connectivity index (χ0v) is 18.8. The summed E-state index contributed by atoms with van der Waals surface area (Å²) in [6.45, 7) is -0.169. The molecule has 0 aliphatic carbocycles. The molecule has 3 aromatic carbocycles. The third-order valence-corrected chi connectivity index (χ3v) is 5.59. The second-order valence-corrected chi connectivity index (χ2v) is 7.93. The molecule has 0 aliphatic heterocycles. The molecule has 9 heteroatoms. The molecule has 0 spiro atoms. The summed E-state index contributed by atoms with van der Waals surface area (Å²) in [5.41, 5.74) is 1.84. The molecule has 0 bridgehead atoms. The van der Waals surface area contributed by atoms with Crippen LogP contribution in [0.3, 0.4) is 0 Å². The second-order valence-electron chi connectivity index (χ2n) is 6.90. The molecule has 0 saturated heterocycles. The number of hydrogen-bond donors (Lipinski definition) is 2. The molecule has 1 aromatic heterocycles. The van der Waals surface area contributed by atoms with Crippen LogP contribution in [0.2, 0.25) is 0 Å². The monoisotopic (exact) mass is 463 g/mol. The molecule has 0 aliphatic rings. The molecule has 0 unspecified atom stereocenters. The summed E-state index contributed by atoms with van der Waals surface area (Å²) in [6.07, 6.45) is 0. The van der Waals surface area contributed by atoms with Gasteiger partial charge in [0.15, 0.2) is 11.7 Å². The summed E-state index contributed by atoms with van der Waals surface area (Å²) in [5, 5.41) is 6.04. The Labute approximate surface area is 194 Å². The highest BCUT2D eigenvalue weighted by Gasteiger charge is 2.11. The van der Waals surface area contributed by atoms with Crippen molar-refractivity contribution in [3.8, 4) is 17.2 Å². The minimum Gasteiger partial charge on any atom is -0.497 e. The summed E-state index contributed by atoms with van der Waals surface area (Å²) >= 11 is 1.37. The van der Waals surface area contributed by atoms with Gasteiger partial charge in [-0.15, -0.1) is 0 Å². The summed E-state index contributed by atoms with van der Waals surface area (Å²) in [4.78, 5) is 29.1. The van der Waals surface area contributed by atoms with E-state index in [4.69, 9.17) is 14.2 Å². The number of methoxy groups -OCH3 is 2. The first-order chi connectivity index (χ1) is 16.0. The number of thiazole rings is 1. The fraction of sp³-hybridized carbons (Fsp3) is 0.125. The van der Waals surface area contributed by atoms with Crippen molar-refractivity contribution in [2.24, 2.45) is 0 Å². The lowest BCUT2D eigenvalue weighted by Gasteiger charge is -2.09. The summed E-state index contributed by atoms with van der Waals surface area (Å²) < 4.78 is 16.8. The van der Waals surface area contributed by atoms with Crippen molar-refractivity contribution in [3.63, 3.8) is 0 Å². The van der Waals surface area contributed by atoms with Crippen LogP contribution in [0.15, 0.2) is 66.7 Å². The first kappa shape index (κ1) is 22.1. The first-order valence-corrected chi connectivity index (χ1v) is 10.8. The minimum absolute atomic E-state index is 0.169. The van der Waals surface area contributed by atoms with Gasteiger partial charge in [-0.3, -0.25) is 14.9 Å². The molecule has 2 N–H and O–H groups in total. The topological polar surface area (TPSA) is 98.8 Å². The Morgan fingerprint density at radius 3 is 2.36 bits per heavy atom. The molecule has 8 nitrogen and oxygen atoms in total. The number of amides is 2. The Bertz CT molecular complexity index is 1290. The lowest BCUT2D eigenvalue weighted by Crippen LogP contribution is -2.20. The van der Waals surface area contributed by atoms with Crippen LogP contribution in [0, 0.1) is 0 Å². The maximum Gasteiger partial charge on any atom is 0.262 e. The maximum atomic E-state index is 12.6. The molecule has 4 aromatic rings. The predicted octanol–water partition coefficient (Wildman–Crippen LogP) is 4.58. The van der Waals surface area contributed by atoms with E-state index in [9.17, 15) is 9.59 Å². The van der Waals surface area contributed by atoms with Crippen LogP contribution in [0.1, 0.15) is 10.4 Å². The van der Waals surface area contributed by atoms with Gasteiger partial charge in [-0.2, -0.15) is 0 Å². The van der Waals surface area contributed by atoms with Crippen LogP contribution in [0.4, 0.5) is 10.8 Å². The molecule has 4 rings (SSSR count). The van der Waals surface area contributed by atoms with Gasteiger partial charge in [-0.05, 0) is 54.6 Å². The Morgan fingerprint density at radius 1 is 0.879 bits per heavy atom. The second kappa shape index (κ2) is 10.0. The van der Waals surface area contributed by atoms with Gasteiger partial charge in [0.25, 0.3) is 11.8 Å². The average molecular weight is 464 g/mol. The van der Waals surface area contributed by atoms with Gasteiger partial charge < -0.3 is 19.5 Å². The Balaban J connectivity index is 1.32. The van der Waals surface area contributed by atoms with Crippen molar-refractivity contribution in [2.75, 3.05) is 31.5 Å². The molecule has 0 fully saturated rings. The van der Waals surface area contributed by atoms with Crippen LogP contribution in [0.5, 0.6) is 17.2 Å². The average Bonchev–Trinajstić information content (AvgIpc) is 3.24. The number of nitrogens with one attached hydrogen (secondary N) is 2. The number of carbonyl (C=O) groups excluding carboxylic acids is 2. The highest BCUT2D eigenvalue weighted by atomic mass is 32.1. The Kier molecular flexibility index (Phi) is 6.70. The summed E-state index contributed by atoms with van der Waals surface area (Å²) in [5.74, 6) is 1.25. The molecule has 0 radical (unpaired) electrons. The van der Waals surface area contributed by atoms with Crippen molar-refractivity contribution in [1.82, 2.24) is 4.98 Å². The lowest BCUT2D eigenvalue weighted by molar-refractivity contribution is -0.118. The standard InChI is InChI=1S/C24H21N3O5S/c1-30-18-5-3-4-16(12-18)25-22(28)14-32-17-8-6-15(7-9-17)23(29)27-24-26-20-11-10-19(31-2)13-21(20)33-24/h3-13H,14H2,1-2H3,(H,25,28)(H,26,27,29). The van der Waals surface area contributed by atoms with Crippen molar-refractivity contribution >= 4 is 44.2 Å². The SMILES string of the molecule is COc1cccc(NC(=O)COc2ccc(C(=O)Nc3nc4ccc(OC)cc4s3)cc2)c1. The van der Waals surface area contributed by atoms with Crippen LogP contribution in [-0.4, -0.2) is 37.6 Å². The van der Waals surface area contributed by atoms with E-state index in [1.54, 1.807) is 62.8 Å². The molecular formula is C24H21N3O5S. The van der Waals surface area contributed by atoms with Gasteiger partial charge in [0.1, 0.15) is 17.2 Å². The number of benzene rings is 3. The molecule has 33 heavy (non-hydrogen) atoms. The number of aromatic nitrogens is 1. The summed E-state index contributed by atoms with van der Waals surface area (Å²) in [6, 6.07) is 19.1. The largest absolute Gasteiger partial charge is 0.497 e. The number of rotatable bonds is 8. The molecule has 0 atom stereocenters. The van der Waals surface area contributed by atoms with Crippen molar-refractivity contribution in [3.05, 3.63) is 72.3 Å². The molecular weight excluding hydrogens is 442 g/mol. The van der Waals surface area contributed by atoms with Crippen LogP contribution in [0.25, 0.3) is 10.2 Å². The van der Waals surface area contributed by atoms with Gasteiger partial charge >= 0.3 is 0 Å². The quantitative estimate of drug-likeness (QED) is 0.397. The molecule has 1 heterocycles. The van der Waals surface area contributed by atoms with Crippen LogP contribution < -0.4 is 24.8 Å². The number of anilines is 2. The van der Waals surface area contributed by atoms with Gasteiger partial charge in [-0.25, -0.2) is 4.98 Å². The molecule has 168 valence electrons. The number of nitrogens with zero attached hydrogens (tertiary/aromatic N) is 1.